The molecule has 3 heterocycles. The van der Waals surface area contributed by atoms with Crippen LogP contribution >= 0.6 is 22.9 Å². The van der Waals surface area contributed by atoms with Crippen molar-refractivity contribution in [3.63, 3.8) is 0 Å². The van der Waals surface area contributed by atoms with Gasteiger partial charge in [0.15, 0.2) is 5.13 Å². The van der Waals surface area contributed by atoms with Crippen molar-refractivity contribution in [3.05, 3.63) is 58.8 Å². The van der Waals surface area contributed by atoms with Crippen molar-refractivity contribution in [3.8, 4) is 11.4 Å². The van der Waals surface area contributed by atoms with E-state index >= 15 is 0 Å². The van der Waals surface area contributed by atoms with Crippen molar-refractivity contribution in [1.29, 1.82) is 0 Å². The van der Waals surface area contributed by atoms with Gasteiger partial charge in [0.1, 0.15) is 5.69 Å². The summed E-state index contributed by atoms with van der Waals surface area (Å²) in [6, 6.07) is 9.46. The van der Waals surface area contributed by atoms with Crippen molar-refractivity contribution < 1.29 is 0 Å². The third-order valence-corrected chi connectivity index (χ3v) is 4.66. The fraction of sp³-hybridized carbons (Fsp3) is 0.118. The lowest BCUT2D eigenvalue weighted by atomic mass is 10.2. The van der Waals surface area contributed by atoms with Crippen molar-refractivity contribution in [2.75, 3.05) is 5.32 Å². The molecule has 120 valence electrons. The maximum absolute atomic E-state index is 5.92. The molecule has 0 aliphatic heterocycles. The SMILES string of the molecule is CCc1nc2ncccn2c1-c1csc(Nc2ccc(Cl)cc2)n1. The van der Waals surface area contributed by atoms with E-state index in [4.69, 9.17) is 16.6 Å². The highest BCUT2D eigenvalue weighted by Gasteiger charge is 2.16. The number of halogens is 1. The van der Waals surface area contributed by atoms with Gasteiger partial charge in [-0.1, -0.05) is 18.5 Å². The smallest absolute Gasteiger partial charge is 0.234 e. The van der Waals surface area contributed by atoms with Gasteiger partial charge in [-0.05, 0) is 36.8 Å². The Balaban J connectivity index is 1.71. The molecule has 0 saturated heterocycles. The zero-order valence-corrected chi connectivity index (χ0v) is 14.5. The summed E-state index contributed by atoms with van der Waals surface area (Å²) in [5.74, 6) is 0.699. The minimum Gasteiger partial charge on any atom is -0.332 e. The van der Waals surface area contributed by atoms with E-state index in [0.29, 0.717) is 10.8 Å². The molecule has 0 saturated carbocycles. The van der Waals surface area contributed by atoms with Crippen LogP contribution in [0.4, 0.5) is 10.8 Å². The fourth-order valence-electron chi connectivity index (χ4n) is 2.55. The number of benzene rings is 1. The van der Waals surface area contributed by atoms with E-state index in [-0.39, 0.29) is 0 Å². The largest absolute Gasteiger partial charge is 0.332 e. The molecule has 4 aromatic rings. The van der Waals surface area contributed by atoms with Crippen LogP contribution < -0.4 is 5.32 Å². The van der Waals surface area contributed by atoms with E-state index in [2.05, 4.69) is 22.2 Å². The number of hydrogen-bond acceptors (Lipinski definition) is 5. The van der Waals surface area contributed by atoms with Gasteiger partial charge >= 0.3 is 0 Å². The number of nitrogens with zero attached hydrogens (tertiary/aromatic N) is 4. The lowest BCUT2D eigenvalue weighted by molar-refractivity contribution is 1.07. The summed E-state index contributed by atoms with van der Waals surface area (Å²) in [6.45, 7) is 2.09. The minimum atomic E-state index is 0.699. The van der Waals surface area contributed by atoms with Crippen molar-refractivity contribution in [2.24, 2.45) is 0 Å². The second-order valence-corrected chi connectivity index (χ2v) is 6.51. The predicted molar refractivity (Wildman–Crippen MR) is 98.2 cm³/mol. The number of rotatable bonds is 4. The zero-order chi connectivity index (χ0) is 16.5. The normalized spacial score (nSPS) is 11.1. The van der Waals surface area contributed by atoms with Crippen molar-refractivity contribution >= 4 is 39.5 Å². The Bertz CT molecular complexity index is 990. The van der Waals surface area contributed by atoms with Gasteiger partial charge < -0.3 is 5.32 Å². The highest BCUT2D eigenvalue weighted by atomic mass is 35.5. The summed E-state index contributed by atoms with van der Waals surface area (Å²) in [5, 5.41) is 6.88. The summed E-state index contributed by atoms with van der Waals surface area (Å²) in [7, 11) is 0. The van der Waals surface area contributed by atoms with E-state index in [1.54, 1.807) is 17.5 Å². The van der Waals surface area contributed by atoms with Gasteiger partial charge in [0, 0.05) is 28.5 Å². The van der Waals surface area contributed by atoms with Gasteiger partial charge in [-0.25, -0.2) is 15.0 Å². The first kappa shape index (κ1) is 15.1. The number of fused-ring (bicyclic) bond motifs is 1. The molecule has 0 fully saturated rings. The van der Waals surface area contributed by atoms with Crippen LogP contribution in [0.5, 0.6) is 0 Å². The first-order chi connectivity index (χ1) is 11.7. The number of thiazole rings is 1. The Labute approximate surface area is 148 Å². The van der Waals surface area contributed by atoms with Crippen LogP contribution in [-0.2, 0) is 6.42 Å². The Morgan fingerprint density at radius 2 is 2.04 bits per heavy atom. The molecule has 1 aromatic carbocycles. The molecule has 0 unspecified atom stereocenters. The third kappa shape index (κ3) is 2.74. The molecule has 1 N–H and O–H groups in total. The molecule has 7 heteroatoms. The van der Waals surface area contributed by atoms with Crippen molar-refractivity contribution in [1.82, 2.24) is 19.4 Å². The van der Waals surface area contributed by atoms with Crippen LogP contribution in [0.2, 0.25) is 5.02 Å². The van der Waals surface area contributed by atoms with E-state index in [0.717, 1.165) is 34.3 Å². The zero-order valence-electron chi connectivity index (χ0n) is 12.9. The number of anilines is 2. The topological polar surface area (TPSA) is 55.1 Å². The summed E-state index contributed by atoms with van der Waals surface area (Å²) < 4.78 is 1.99. The number of imidazole rings is 1. The lowest BCUT2D eigenvalue weighted by Crippen LogP contribution is -1.93. The fourth-order valence-corrected chi connectivity index (χ4v) is 3.39. The van der Waals surface area contributed by atoms with Crippen molar-refractivity contribution in [2.45, 2.75) is 13.3 Å². The number of aryl methyl sites for hydroxylation is 1. The van der Waals surface area contributed by atoms with E-state index in [1.165, 1.54) is 0 Å². The Morgan fingerprint density at radius 1 is 1.21 bits per heavy atom. The minimum absolute atomic E-state index is 0.699. The summed E-state index contributed by atoms with van der Waals surface area (Å²) in [4.78, 5) is 13.6. The molecule has 0 bridgehead atoms. The predicted octanol–water partition coefficient (Wildman–Crippen LogP) is 4.81. The van der Waals surface area contributed by atoms with Gasteiger partial charge in [-0.3, -0.25) is 4.40 Å². The molecule has 0 aliphatic rings. The van der Waals surface area contributed by atoms with Gasteiger partial charge in [-0.15, -0.1) is 11.3 Å². The molecular weight excluding hydrogens is 342 g/mol. The maximum atomic E-state index is 5.92. The Hall–Kier alpha value is -2.44. The quantitative estimate of drug-likeness (QED) is 0.570. The molecule has 0 amide bonds. The van der Waals surface area contributed by atoms with Gasteiger partial charge in [0.05, 0.1) is 11.4 Å². The van der Waals surface area contributed by atoms with Crippen LogP contribution in [0.3, 0.4) is 0 Å². The first-order valence-electron chi connectivity index (χ1n) is 7.55. The molecule has 4 rings (SSSR count). The molecule has 0 spiro atoms. The number of aromatic nitrogens is 4. The monoisotopic (exact) mass is 355 g/mol. The van der Waals surface area contributed by atoms with Gasteiger partial charge in [0.2, 0.25) is 5.78 Å². The molecule has 3 aromatic heterocycles. The highest BCUT2D eigenvalue weighted by Crippen LogP contribution is 2.30. The number of hydrogen-bond donors (Lipinski definition) is 1. The lowest BCUT2D eigenvalue weighted by Gasteiger charge is -2.02. The number of nitrogens with one attached hydrogen (secondary N) is 1. The molecule has 24 heavy (non-hydrogen) atoms. The molecule has 0 atom stereocenters. The van der Waals surface area contributed by atoms with E-state index in [9.17, 15) is 0 Å². The second-order valence-electron chi connectivity index (χ2n) is 5.22. The van der Waals surface area contributed by atoms with Crippen LogP contribution in [0.15, 0.2) is 48.1 Å². The summed E-state index contributed by atoms with van der Waals surface area (Å²) >= 11 is 7.48. The average Bonchev–Trinajstić information content (AvgIpc) is 3.20. The van der Waals surface area contributed by atoms with Gasteiger partial charge in [-0.2, -0.15) is 0 Å². The van der Waals surface area contributed by atoms with E-state index in [1.807, 2.05) is 46.3 Å². The standard InChI is InChI=1S/C17H14ClN5S/c1-2-13-15(23-9-3-8-19-16(23)21-13)14-10-24-17(22-14)20-12-6-4-11(18)5-7-12/h3-10H,2H2,1H3,(H,20,22). The van der Waals surface area contributed by atoms with Gasteiger partial charge in [0.25, 0.3) is 0 Å². The molecule has 0 radical (unpaired) electrons. The molecular formula is C17H14ClN5S. The Kier molecular flexibility index (Phi) is 3.92. The first-order valence-corrected chi connectivity index (χ1v) is 8.81. The van der Waals surface area contributed by atoms with Crippen LogP contribution in [-0.4, -0.2) is 19.4 Å². The van der Waals surface area contributed by atoms with Crippen LogP contribution in [0.1, 0.15) is 12.6 Å². The molecule has 5 nitrogen and oxygen atoms in total. The summed E-state index contributed by atoms with van der Waals surface area (Å²) in [5.41, 5.74) is 3.85. The van der Waals surface area contributed by atoms with Crippen LogP contribution in [0, 0.1) is 0 Å². The third-order valence-electron chi connectivity index (χ3n) is 3.65. The molecule has 0 aliphatic carbocycles. The second kappa shape index (κ2) is 6.22. The highest BCUT2D eigenvalue weighted by molar-refractivity contribution is 7.14. The van der Waals surface area contributed by atoms with E-state index < -0.39 is 0 Å². The maximum Gasteiger partial charge on any atom is 0.234 e. The summed E-state index contributed by atoms with van der Waals surface area (Å²) in [6.07, 6.45) is 4.55. The Morgan fingerprint density at radius 3 is 2.83 bits per heavy atom. The van der Waals surface area contributed by atoms with Crippen LogP contribution in [0.25, 0.3) is 17.2 Å². The average molecular weight is 356 g/mol.